The predicted octanol–water partition coefficient (Wildman–Crippen LogP) is 3.55. The van der Waals surface area contributed by atoms with Gasteiger partial charge in [-0.15, -0.1) is 0 Å². The van der Waals surface area contributed by atoms with Crippen molar-refractivity contribution < 1.29 is 19.7 Å². The van der Waals surface area contributed by atoms with Crippen molar-refractivity contribution in [3.8, 4) is 11.5 Å². The number of phenolic OH excluding ortho intramolecular Hbond substituents is 2. The van der Waals surface area contributed by atoms with Crippen molar-refractivity contribution in [2.75, 3.05) is 6.61 Å². The molecule has 22 heavy (non-hydrogen) atoms. The molecule has 2 N–H and O–H groups in total. The van der Waals surface area contributed by atoms with E-state index in [2.05, 4.69) is 0 Å². The minimum absolute atomic E-state index is 0.0112. The van der Waals surface area contributed by atoms with E-state index in [-0.39, 0.29) is 23.1 Å². The molecular weight excluding hydrogens is 304 g/mol. The minimum Gasteiger partial charge on any atom is -0.504 e. The molecule has 0 amide bonds. The highest BCUT2D eigenvalue weighted by atomic mass is 35.5. The van der Waals surface area contributed by atoms with Crippen molar-refractivity contribution in [1.29, 1.82) is 0 Å². The van der Waals surface area contributed by atoms with E-state index in [1.54, 1.807) is 0 Å². The van der Waals surface area contributed by atoms with Gasteiger partial charge in [0.25, 0.3) is 0 Å². The number of aromatic hydroxyl groups is 2. The van der Waals surface area contributed by atoms with Crippen LogP contribution in [-0.4, -0.2) is 22.8 Å². The van der Waals surface area contributed by atoms with E-state index in [0.717, 1.165) is 5.56 Å². The maximum Gasteiger partial charge on any atom is 0.330 e. The van der Waals surface area contributed by atoms with Gasteiger partial charge in [0.15, 0.2) is 11.5 Å². The molecule has 2 rings (SSSR count). The molecule has 2 aromatic carbocycles. The Morgan fingerprint density at radius 2 is 1.91 bits per heavy atom. The Hall–Kier alpha value is -2.46. The van der Waals surface area contributed by atoms with Crippen LogP contribution in [-0.2, 0) is 16.0 Å². The largest absolute Gasteiger partial charge is 0.504 e. The number of rotatable bonds is 5. The molecule has 0 aliphatic heterocycles. The molecule has 0 aromatic heterocycles. The predicted molar refractivity (Wildman–Crippen MR) is 84.9 cm³/mol. The number of phenols is 2. The maximum atomic E-state index is 11.6. The first-order valence-corrected chi connectivity index (χ1v) is 7.04. The topological polar surface area (TPSA) is 66.8 Å². The molecule has 0 heterocycles. The summed E-state index contributed by atoms with van der Waals surface area (Å²) in [6.45, 7) is 0.286. The van der Waals surface area contributed by atoms with Crippen molar-refractivity contribution in [2.24, 2.45) is 0 Å². The van der Waals surface area contributed by atoms with Crippen LogP contribution in [0, 0.1) is 0 Å². The number of carbonyl (C=O) groups excluding carboxylic acids is 1. The molecule has 0 atom stereocenters. The first-order chi connectivity index (χ1) is 10.6. The van der Waals surface area contributed by atoms with Crippen LogP contribution < -0.4 is 0 Å². The van der Waals surface area contributed by atoms with Crippen LogP contribution in [0.15, 0.2) is 48.5 Å². The van der Waals surface area contributed by atoms with E-state index in [4.69, 9.17) is 16.3 Å². The zero-order valence-corrected chi connectivity index (χ0v) is 12.5. The Labute approximate surface area is 133 Å². The first-order valence-electron chi connectivity index (χ1n) is 6.66. The summed E-state index contributed by atoms with van der Waals surface area (Å²) in [5.41, 5.74) is 1.58. The second-order valence-corrected chi connectivity index (χ2v) is 5.01. The van der Waals surface area contributed by atoms with Crippen molar-refractivity contribution in [3.05, 3.63) is 64.7 Å². The first kappa shape index (κ1) is 15.9. The summed E-state index contributed by atoms with van der Waals surface area (Å²) in [7, 11) is 0. The lowest BCUT2D eigenvalue weighted by Crippen LogP contribution is -2.04. The van der Waals surface area contributed by atoms with E-state index in [9.17, 15) is 15.0 Å². The molecule has 114 valence electrons. The smallest absolute Gasteiger partial charge is 0.330 e. The van der Waals surface area contributed by atoms with Gasteiger partial charge in [0.1, 0.15) is 0 Å². The minimum atomic E-state index is -0.486. The number of ether oxygens (including phenoxy) is 1. The number of carbonyl (C=O) groups is 1. The monoisotopic (exact) mass is 318 g/mol. The summed E-state index contributed by atoms with van der Waals surface area (Å²) in [6, 6.07) is 12.4. The molecule has 0 saturated heterocycles. The van der Waals surface area contributed by atoms with Crippen molar-refractivity contribution in [1.82, 2.24) is 0 Å². The SMILES string of the molecule is O=C(/C=C/c1cc(O)c(O)c(Cl)c1)OCCc1ccccc1. The fraction of sp³-hybridized carbons (Fsp3) is 0.118. The van der Waals surface area contributed by atoms with E-state index in [1.807, 2.05) is 30.3 Å². The summed E-state index contributed by atoms with van der Waals surface area (Å²) >= 11 is 5.73. The standard InChI is InChI=1S/C17H15ClO4/c18-14-10-13(11-15(19)17(14)21)6-7-16(20)22-9-8-12-4-2-1-3-5-12/h1-7,10-11,19,21H,8-9H2/b7-6+. The lowest BCUT2D eigenvalue weighted by molar-refractivity contribution is -0.137. The van der Waals surface area contributed by atoms with Crippen LogP contribution in [0.4, 0.5) is 0 Å². The molecule has 2 aromatic rings. The summed E-state index contributed by atoms with van der Waals surface area (Å²) in [6.07, 6.45) is 3.34. The van der Waals surface area contributed by atoms with Gasteiger partial charge in [-0.25, -0.2) is 4.79 Å². The summed E-state index contributed by atoms with van der Waals surface area (Å²) < 4.78 is 5.08. The number of hydrogen-bond donors (Lipinski definition) is 2. The van der Waals surface area contributed by atoms with Crippen molar-refractivity contribution >= 4 is 23.6 Å². The quantitative estimate of drug-likeness (QED) is 0.502. The second-order valence-electron chi connectivity index (χ2n) is 4.61. The average Bonchev–Trinajstić information content (AvgIpc) is 2.51. The maximum absolute atomic E-state index is 11.6. The lowest BCUT2D eigenvalue weighted by atomic mass is 10.2. The molecule has 0 radical (unpaired) electrons. The molecule has 5 heteroatoms. The van der Waals surface area contributed by atoms with Crippen LogP contribution in [0.2, 0.25) is 5.02 Å². The number of hydrogen-bond acceptors (Lipinski definition) is 4. The lowest BCUT2D eigenvalue weighted by Gasteiger charge is -2.03. The third-order valence-corrected chi connectivity index (χ3v) is 3.24. The van der Waals surface area contributed by atoms with E-state index >= 15 is 0 Å². The Morgan fingerprint density at radius 3 is 2.59 bits per heavy atom. The number of esters is 1. The van der Waals surface area contributed by atoms with Gasteiger partial charge in [0.2, 0.25) is 0 Å². The number of halogens is 1. The second kappa shape index (κ2) is 7.52. The van der Waals surface area contributed by atoms with E-state index < -0.39 is 5.97 Å². The van der Waals surface area contributed by atoms with Gasteiger partial charge < -0.3 is 14.9 Å². The Morgan fingerprint density at radius 1 is 1.18 bits per heavy atom. The highest BCUT2D eigenvalue weighted by Gasteiger charge is 2.06. The molecule has 0 unspecified atom stereocenters. The van der Waals surface area contributed by atoms with Gasteiger partial charge in [-0.1, -0.05) is 41.9 Å². The Balaban J connectivity index is 1.86. The van der Waals surface area contributed by atoms with Gasteiger partial charge in [-0.2, -0.15) is 0 Å². The zero-order valence-electron chi connectivity index (χ0n) is 11.7. The summed E-state index contributed by atoms with van der Waals surface area (Å²) in [4.78, 5) is 11.6. The highest BCUT2D eigenvalue weighted by molar-refractivity contribution is 6.32. The molecule has 0 spiro atoms. The van der Waals surface area contributed by atoms with Gasteiger partial charge >= 0.3 is 5.97 Å². The van der Waals surface area contributed by atoms with Crippen LogP contribution >= 0.6 is 11.6 Å². The van der Waals surface area contributed by atoms with E-state index in [0.29, 0.717) is 12.0 Å². The van der Waals surface area contributed by atoms with Gasteiger partial charge in [-0.05, 0) is 29.3 Å². The van der Waals surface area contributed by atoms with Gasteiger partial charge in [0.05, 0.1) is 11.6 Å². The molecule has 0 aliphatic rings. The third-order valence-electron chi connectivity index (χ3n) is 2.96. The molecule has 0 aliphatic carbocycles. The van der Waals surface area contributed by atoms with E-state index in [1.165, 1.54) is 24.3 Å². The number of benzene rings is 2. The zero-order chi connectivity index (χ0) is 15.9. The van der Waals surface area contributed by atoms with Crippen LogP contribution in [0.25, 0.3) is 6.08 Å². The Kier molecular flexibility index (Phi) is 5.44. The molecule has 4 nitrogen and oxygen atoms in total. The summed E-state index contributed by atoms with van der Waals surface area (Å²) in [5.74, 6) is -1.21. The molecule has 0 saturated carbocycles. The molecule has 0 fully saturated rings. The van der Waals surface area contributed by atoms with Crippen LogP contribution in [0.1, 0.15) is 11.1 Å². The van der Waals surface area contributed by atoms with Crippen molar-refractivity contribution in [2.45, 2.75) is 6.42 Å². The average molecular weight is 319 g/mol. The summed E-state index contributed by atoms with van der Waals surface area (Å²) in [5, 5.41) is 18.8. The fourth-order valence-corrected chi connectivity index (χ4v) is 2.05. The van der Waals surface area contributed by atoms with Gasteiger partial charge in [0, 0.05) is 12.5 Å². The highest BCUT2D eigenvalue weighted by Crippen LogP contribution is 2.34. The van der Waals surface area contributed by atoms with Gasteiger partial charge in [-0.3, -0.25) is 0 Å². The fourth-order valence-electron chi connectivity index (χ4n) is 1.83. The van der Waals surface area contributed by atoms with Crippen LogP contribution in [0.3, 0.4) is 0 Å². The van der Waals surface area contributed by atoms with Crippen molar-refractivity contribution in [3.63, 3.8) is 0 Å². The molecule has 0 bridgehead atoms. The Bertz CT molecular complexity index is 657. The third kappa shape index (κ3) is 4.53. The normalized spacial score (nSPS) is 10.8. The molecular formula is C17H15ClO4. The van der Waals surface area contributed by atoms with Crippen LogP contribution in [0.5, 0.6) is 11.5 Å².